The molecule has 0 aliphatic rings. The first-order valence-corrected chi connectivity index (χ1v) is 6.76. The fourth-order valence-electron chi connectivity index (χ4n) is 1.75. The molecule has 0 unspecified atom stereocenters. The molecule has 2 aromatic rings. The minimum Gasteiger partial charge on any atom is -0.339 e. The summed E-state index contributed by atoms with van der Waals surface area (Å²) in [5.74, 6) is 0.514. The number of benzene rings is 1. The molecule has 6 heteroatoms. The Hall–Kier alpha value is -1.46. The van der Waals surface area contributed by atoms with Gasteiger partial charge in [-0.1, -0.05) is 28.9 Å². The Morgan fingerprint density at radius 1 is 1.40 bits per heavy atom. The average Bonchev–Trinajstić information content (AvgIpc) is 2.80. The number of aromatic nitrogens is 2. The summed E-state index contributed by atoms with van der Waals surface area (Å²) in [6, 6.07) is 4.85. The van der Waals surface area contributed by atoms with E-state index in [1.54, 1.807) is 12.1 Å². The molecule has 108 valence electrons. The van der Waals surface area contributed by atoms with Gasteiger partial charge in [-0.25, -0.2) is 4.39 Å². The molecule has 20 heavy (non-hydrogen) atoms. The lowest BCUT2D eigenvalue weighted by molar-refractivity contribution is 0.355. The lowest BCUT2D eigenvalue weighted by Gasteiger charge is -2.16. The number of rotatable bonds is 5. The van der Waals surface area contributed by atoms with E-state index in [2.05, 4.69) is 10.1 Å². The highest BCUT2D eigenvalue weighted by molar-refractivity contribution is 6.30. The van der Waals surface area contributed by atoms with Crippen molar-refractivity contribution in [1.82, 2.24) is 10.1 Å². The smallest absolute Gasteiger partial charge is 0.226 e. The highest BCUT2D eigenvalue weighted by Crippen LogP contribution is 2.20. The largest absolute Gasteiger partial charge is 0.339 e. The number of halogens is 2. The number of aryl methyl sites for hydroxylation is 1. The van der Waals surface area contributed by atoms with Crippen molar-refractivity contribution in [2.45, 2.75) is 38.6 Å². The summed E-state index contributed by atoms with van der Waals surface area (Å²) in [6.45, 7) is 3.87. The number of hydrogen-bond donors (Lipinski definition) is 1. The molecule has 2 rings (SSSR count). The topological polar surface area (TPSA) is 64.9 Å². The fraction of sp³-hybridized carbons (Fsp3) is 0.429. The second-order valence-electron chi connectivity index (χ2n) is 5.48. The van der Waals surface area contributed by atoms with Crippen molar-refractivity contribution in [2.75, 3.05) is 0 Å². The van der Waals surface area contributed by atoms with Crippen molar-refractivity contribution in [3.63, 3.8) is 0 Å². The summed E-state index contributed by atoms with van der Waals surface area (Å²) in [4.78, 5) is 4.24. The molecule has 0 saturated carbocycles. The van der Waals surface area contributed by atoms with Crippen molar-refractivity contribution in [3.8, 4) is 0 Å². The molecule has 2 N–H and O–H groups in total. The Morgan fingerprint density at radius 2 is 2.15 bits per heavy atom. The third kappa shape index (κ3) is 4.02. The number of hydrogen-bond acceptors (Lipinski definition) is 4. The predicted molar refractivity (Wildman–Crippen MR) is 75.1 cm³/mol. The molecular formula is C14H17ClFN3O. The highest BCUT2D eigenvalue weighted by Gasteiger charge is 2.15. The van der Waals surface area contributed by atoms with Gasteiger partial charge in [-0.2, -0.15) is 4.98 Å². The maximum Gasteiger partial charge on any atom is 0.226 e. The molecule has 0 radical (unpaired) electrons. The Bertz CT molecular complexity index is 592. The van der Waals surface area contributed by atoms with Gasteiger partial charge in [-0.15, -0.1) is 0 Å². The second-order valence-corrected chi connectivity index (χ2v) is 5.89. The van der Waals surface area contributed by atoms with E-state index >= 15 is 0 Å². The summed E-state index contributed by atoms with van der Waals surface area (Å²) in [7, 11) is 0. The van der Waals surface area contributed by atoms with E-state index in [9.17, 15) is 4.39 Å². The number of nitrogens with two attached hydrogens (primary N) is 1. The zero-order chi connectivity index (χ0) is 14.8. The van der Waals surface area contributed by atoms with Crippen LogP contribution < -0.4 is 5.73 Å². The zero-order valence-electron chi connectivity index (χ0n) is 11.5. The molecule has 1 aromatic heterocycles. The Labute approximate surface area is 122 Å². The van der Waals surface area contributed by atoms with Gasteiger partial charge < -0.3 is 10.3 Å². The van der Waals surface area contributed by atoms with Crippen LogP contribution in [0, 0.1) is 5.82 Å². The van der Waals surface area contributed by atoms with E-state index in [1.807, 2.05) is 13.8 Å². The van der Waals surface area contributed by atoms with Gasteiger partial charge in [-0.05, 0) is 31.9 Å². The molecular weight excluding hydrogens is 281 g/mol. The van der Waals surface area contributed by atoms with Crippen molar-refractivity contribution in [2.24, 2.45) is 5.73 Å². The quantitative estimate of drug-likeness (QED) is 0.921. The molecule has 0 fully saturated rings. The average molecular weight is 298 g/mol. The first-order valence-electron chi connectivity index (χ1n) is 6.38. The van der Waals surface area contributed by atoms with E-state index in [4.69, 9.17) is 21.9 Å². The van der Waals surface area contributed by atoms with Crippen LogP contribution in [-0.2, 0) is 12.8 Å². The molecule has 0 atom stereocenters. The molecule has 0 saturated heterocycles. The predicted octanol–water partition coefficient (Wildman–Crippen LogP) is 3.12. The Morgan fingerprint density at radius 3 is 2.85 bits per heavy atom. The normalized spacial score (nSPS) is 11.8. The maximum atomic E-state index is 13.8. The van der Waals surface area contributed by atoms with Crippen molar-refractivity contribution in [1.29, 1.82) is 0 Å². The first kappa shape index (κ1) is 14.9. The summed E-state index contributed by atoms with van der Waals surface area (Å²) in [5, 5.41) is 3.94. The molecule has 0 amide bonds. The Balaban J connectivity index is 2.04. The molecule has 0 spiro atoms. The lowest BCUT2D eigenvalue weighted by atomic mass is 10.0. The van der Waals surface area contributed by atoms with E-state index in [0.29, 0.717) is 23.7 Å². The first-order chi connectivity index (χ1) is 9.35. The highest BCUT2D eigenvalue weighted by atomic mass is 35.5. The van der Waals surface area contributed by atoms with Crippen LogP contribution in [0.15, 0.2) is 22.7 Å². The molecule has 0 aliphatic heterocycles. The van der Waals surface area contributed by atoms with Crippen LogP contribution >= 0.6 is 11.6 Å². The third-order valence-corrected chi connectivity index (χ3v) is 3.17. The van der Waals surface area contributed by atoms with Gasteiger partial charge in [-0.3, -0.25) is 0 Å². The lowest BCUT2D eigenvalue weighted by Crippen LogP contribution is -2.32. The Kier molecular flexibility index (Phi) is 4.40. The van der Waals surface area contributed by atoms with E-state index < -0.39 is 5.82 Å². The molecule has 1 aromatic carbocycles. The van der Waals surface area contributed by atoms with E-state index in [1.165, 1.54) is 6.07 Å². The van der Waals surface area contributed by atoms with Gasteiger partial charge in [0.2, 0.25) is 5.89 Å². The van der Waals surface area contributed by atoms with E-state index in [0.717, 1.165) is 6.42 Å². The SMILES string of the molecule is CC(C)(N)CCc1nc(Cc2cccc(Cl)c2F)no1. The zero-order valence-corrected chi connectivity index (χ0v) is 12.2. The van der Waals surface area contributed by atoms with E-state index in [-0.39, 0.29) is 17.0 Å². The standard InChI is InChI=1S/C14H17ClFN3O/c1-14(2,17)7-6-12-18-11(19-20-12)8-9-4-3-5-10(15)13(9)16/h3-5H,6-8,17H2,1-2H3. The molecule has 0 bridgehead atoms. The van der Waals surface area contributed by atoms with Crippen LogP contribution in [0.3, 0.4) is 0 Å². The molecule has 4 nitrogen and oxygen atoms in total. The van der Waals surface area contributed by atoms with Gasteiger partial charge in [0.1, 0.15) is 5.82 Å². The van der Waals surface area contributed by atoms with Crippen molar-refractivity contribution >= 4 is 11.6 Å². The van der Waals surface area contributed by atoms with Crippen molar-refractivity contribution in [3.05, 3.63) is 46.3 Å². The second kappa shape index (κ2) is 5.89. The van der Waals surface area contributed by atoms with Crippen LogP contribution in [0.1, 0.15) is 37.5 Å². The van der Waals surface area contributed by atoms with Crippen LogP contribution in [0.5, 0.6) is 0 Å². The molecule has 1 heterocycles. The fourth-order valence-corrected chi connectivity index (χ4v) is 1.94. The molecule has 0 aliphatic carbocycles. The third-order valence-electron chi connectivity index (χ3n) is 2.87. The summed E-state index contributed by atoms with van der Waals surface area (Å²) >= 11 is 5.73. The van der Waals surface area contributed by atoms with Gasteiger partial charge in [0.25, 0.3) is 0 Å². The van der Waals surface area contributed by atoms with Crippen LogP contribution in [0.4, 0.5) is 4.39 Å². The van der Waals surface area contributed by atoms with Crippen molar-refractivity contribution < 1.29 is 8.91 Å². The monoisotopic (exact) mass is 297 g/mol. The minimum absolute atomic E-state index is 0.0936. The summed E-state index contributed by atoms with van der Waals surface area (Å²) < 4.78 is 18.9. The van der Waals surface area contributed by atoms with Gasteiger partial charge >= 0.3 is 0 Å². The van der Waals surface area contributed by atoms with Gasteiger partial charge in [0.15, 0.2) is 5.82 Å². The maximum absolute atomic E-state index is 13.8. The summed E-state index contributed by atoms with van der Waals surface area (Å²) in [5.41, 5.74) is 6.06. The summed E-state index contributed by atoms with van der Waals surface area (Å²) in [6.07, 6.45) is 1.59. The van der Waals surface area contributed by atoms with Crippen LogP contribution in [-0.4, -0.2) is 15.7 Å². The minimum atomic E-state index is -0.441. The van der Waals surface area contributed by atoms with Gasteiger partial charge in [0.05, 0.1) is 5.02 Å². The van der Waals surface area contributed by atoms with Crippen LogP contribution in [0.25, 0.3) is 0 Å². The van der Waals surface area contributed by atoms with Gasteiger partial charge in [0, 0.05) is 18.4 Å². The number of nitrogens with zero attached hydrogens (tertiary/aromatic N) is 2. The van der Waals surface area contributed by atoms with Crippen LogP contribution in [0.2, 0.25) is 5.02 Å².